The van der Waals surface area contributed by atoms with Crippen molar-refractivity contribution in [1.82, 2.24) is 10.1 Å². The first-order valence-electron chi connectivity index (χ1n) is 8.37. The average Bonchev–Trinajstić information content (AvgIpc) is 3.25. The van der Waals surface area contributed by atoms with Crippen molar-refractivity contribution >= 4 is 24.2 Å². The van der Waals surface area contributed by atoms with Crippen molar-refractivity contribution in [3.63, 3.8) is 0 Å². The van der Waals surface area contributed by atoms with Gasteiger partial charge in [-0.05, 0) is 31.0 Å². The van der Waals surface area contributed by atoms with E-state index in [9.17, 15) is 0 Å². The Hall–Kier alpha value is -1.44. The highest BCUT2D eigenvalue weighted by atomic mass is 35.5. The molecule has 2 N–H and O–H groups in total. The second kappa shape index (κ2) is 7.85. The molecule has 1 aromatic carbocycles. The predicted octanol–water partition coefficient (Wildman–Crippen LogP) is 3.33. The summed E-state index contributed by atoms with van der Waals surface area (Å²) < 4.78 is 16.5. The normalized spacial score (nSPS) is 18.0. The van der Waals surface area contributed by atoms with Gasteiger partial charge in [0.05, 0.1) is 5.54 Å². The van der Waals surface area contributed by atoms with Gasteiger partial charge in [-0.25, -0.2) is 0 Å². The van der Waals surface area contributed by atoms with Crippen molar-refractivity contribution in [3.05, 3.63) is 29.9 Å². The number of rotatable bonds is 5. The van der Waals surface area contributed by atoms with Crippen LogP contribution in [0.15, 0.2) is 27.6 Å². The molecule has 1 saturated carbocycles. The van der Waals surface area contributed by atoms with Crippen molar-refractivity contribution < 1.29 is 14.0 Å². The van der Waals surface area contributed by atoms with Crippen LogP contribution in [0.25, 0.3) is 0 Å². The molecule has 1 aromatic heterocycles. The first kappa shape index (κ1) is 18.4. The second-order valence-corrected chi connectivity index (χ2v) is 7.45. The van der Waals surface area contributed by atoms with Crippen LogP contribution in [0.1, 0.15) is 37.4 Å². The first-order valence-corrected chi connectivity index (χ1v) is 9.36. The summed E-state index contributed by atoms with van der Waals surface area (Å²) in [5, 5.41) is 4.10. The molecule has 0 saturated heterocycles. The predicted molar refractivity (Wildman–Crippen MR) is 97.7 cm³/mol. The molecule has 0 atom stereocenters. The van der Waals surface area contributed by atoms with Gasteiger partial charge in [0.25, 0.3) is 0 Å². The molecule has 4 rings (SSSR count). The molecule has 8 heteroatoms. The monoisotopic (exact) mass is 383 g/mol. The van der Waals surface area contributed by atoms with E-state index in [0.717, 1.165) is 54.3 Å². The van der Waals surface area contributed by atoms with Crippen LogP contribution in [-0.4, -0.2) is 29.1 Å². The van der Waals surface area contributed by atoms with Crippen molar-refractivity contribution in [2.75, 3.05) is 19.0 Å². The van der Waals surface area contributed by atoms with Crippen LogP contribution in [0.3, 0.4) is 0 Å². The number of hydrogen-bond acceptors (Lipinski definition) is 7. The quantitative estimate of drug-likeness (QED) is 0.792. The summed E-state index contributed by atoms with van der Waals surface area (Å²) in [7, 11) is 0. The Morgan fingerprint density at radius 2 is 1.88 bits per heavy atom. The topological polar surface area (TPSA) is 83.4 Å². The zero-order valence-electron chi connectivity index (χ0n) is 13.9. The molecule has 0 radical (unpaired) electrons. The number of thioether (sulfide) groups is 1. The molecule has 0 spiro atoms. The van der Waals surface area contributed by atoms with E-state index >= 15 is 0 Å². The number of hydrogen-bond donors (Lipinski definition) is 1. The Balaban J connectivity index is 0.00000182. The fourth-order valence-electron chi connectivity index (χ4n) is 3.16. The summed E-state index contributed by atoms with van der Waals surface area (Å²) >= 11 is 1.73. The Labute approximate surface area is 157 Å². The van der Waals surface area contributed by atoms with Crippen LogP contribution in [0.4, 0.5) is 0 Å². The van der Waals surface area contributed by atoms with E-state index in [1.807, 2.05) is 18.2 Å². The van der Waals surface area contributed by atoms with Crippen LogP contribution in [0.2, 0.25) is 0 Å². The van der Waals surface area contributed by atoms with Gasteiger partial charge in [0.1, 0.15) is 13.2 Å². The van der Waals surface area contributed by atoms with Gasteiger partial charge in [-0.2, -0.15) is 4.98 Å². The van der Waals surface area contributed by atoms with Gasteiger partial charge in [0.2, 0.25) is 5.89 Å². The molecule has 1 aliphatic carbocycles. The van der Waals surface area contributed by atoms with E-state index in [1.54, 1.807) is 11.8 Å². The van der Waals surface area contributed by atoms with Gasteiger partial charge < -0.3 is 19.7 Å². The summed E-state index contributed by atoms with van der Waals surface area (Å²) in [5.74, 6) is 3.82. The molecule has 2 heterocycles. The number of nitrogens with zero attached hydrogens (tertiary/aromatic N) is 2. The molecule has 136 valence electrons. The summed E-state index contributed by atoms with van der Waals surface area (Å²) in [6, 6.07) is 6.02. The number of halogens is 1. The molecule has 25 heavy (non-hydrogen) atoms. The largest absolute Gasteiger partial charge is 0.486 e. The summed E-state index contributed by atoms with van der Waals surface area (Å²) in [6.45, 7) is 1.22. The lowest BCUT2D eigenvalue weighted by Crippen LogP contribution is -2.34. The zero-order chi connectivity index (χ0) is 16.4. The fraction of sp³-hybridized carbons (Fsp3) is 0.529. The van der Waals surface area contributed by atoms with E-state index in [-0.39, 0.29) is 17.9 Å². The molecule has 0 amide bonds. The van der Waals surface area contributed by atoms with Gasteiger partial charge >= 0.3 is 0 Å². The Bertz CT molecular complexity index is 719. The SMILES string of the molecule is Cl.NC1(c2noc(CCSc3ccc4c(c3)OCCO4)n2)CCCC1. The first-order chi connectivity index (χ1) is 11.7. The number of benzene rings is 1. The minimum absolute atomic E-state index is 0. The summed E-state index contributed by atoms with van der Waals surface area (Å²) in [6.07, 6.45) is 4.89. The zero-order valence-corrected chi connectivity index (χ0v) is 15.5. The average molecular weight is 384 g/mol. The maximum atomic E-state index is 6.36. The molecule has 0 unspecified atom stereocenters. The molecule has 2 aromatic rings. The Morgan fingerprint density at radius 3 is 2.68 bits per heavy atom. The third-order valence-electron chi connectivity index (χ3n) is 4.51. The number of aryl methyl sites for hydroxylation is 1. The highest BCUT2D eigenvalue weighted by Gasteiger charge is 2.35. The number of nitrogens with two attached hydrogens (primary N) is 1. The van der Waals surface area contributed by atoms with Crippen LogP contribution in [-0.2, 0) is 12.0 Å². The van der Waals surface area contributed by atoms with Gasteiger partial charge in [0.15, 0.2) is 17.3 Å². The Morgan fingerprint density at radius 1 is 1.12 bits per heavy atom. The van der Waals surface area contributed by atoms with Gasteiger partial charge in [0, 0.05) is 17.1 Å². The smallest absolute Gasteiger partial charge is 0.227 e. The third-order valence-corrected chi connectivity index (χ3v) is 5.50. The van der Waals surface area contributed by atoms with Crippen LogP contribution >= 0.6 is 24.2 Å². The van der Waals surface area contributed by atoms with E-state index in [1.165, 1.54) is 0 Å². The molecular weight excluding hydrogens is 362 g/mol. The molecular formula is C17H22ClN3O3S. The van der Waals surface area contributed by atoms with Crippen LogP contribution in [0.5, 0.6) is 11.5 Å². The fourth-order valence-corrected chi connectivity index (χ4v) is 4.02. The molecule has 0 bridgehead atoms. The van der Waals surface area contributed by atoms with Crippen molar-refractivity contribution in [2.45, 2.75) is 42.5 Å². The minimum atomic E-state index is -0.384. The lowest BCUT2D eigenvalue weighted by atomic mass is 9.99. The third kappa shape index (κ3) is 4.04. The van der Waals surface area contributed by atoms with Gasteiger partial charge in [-0.15, -0.1) is 24.2 Å². The maximum Gasteiger partial charge on any atom is 0.227 e. The van der Waals surface area contributed by atoms with E-state index < -0.39 is 0 Å². The van der Waals surface area contributed by atoms with Crippen molar-refractivity contribution in [2.24, 2.45) is 5.73 Å². The molecule has 2 aliphatic rings. The molecule has 1 aliphatic heterocycles. The summed E-state index contributed by atoms with van der Waals surface area (Å²) in [4.78, 5) is 5.65. The van der Waals surface area contributed by atoms with Crippen molar-refractivity contribution in [3.8, 4) is 11.5 Å². The van der Waals surface area contributed by atoms with Crippen molar-refractivity contribution in [1.29, 1.82) is 0 Å². The molecule has 1 fully saturated rings. The molecule has 6 nitrogen and oxygen atoms in total. The number of aromatic nitrogens is 2. The summed E-state index contributed by atoms with van der Waals surface area (Å²) in [5.41, 5.74) is 5.98. The van der Waals surface area contributed by atoms with E-state index in [0.29, 0.717) is 24.9 Å². The number of ether oxygens (including phenoxy) is 2. The lowest BCUT2D eigenvalue weighted by Gasteiger charge is -2.18. The highest BCUT2D eigenvalue weighted by Crippen LogP contribution is 2.35. The maximum absolute atomic E-state index is 6.36. The highest BCUT2D eigenvalue weighted by molar-refractivity contribution is 7.99. The lowest BCUT2D eigenvalue weighted by molar-refractivity contribution is 0.171. The standard InChI is InChI=1S/C17H21N3O3S.ClH/c18-17(6-1-2-7-17)16-19-15(23-20-16)5-10-24-12-3-4-13-14(11-12)22-9-8-21-13;/h3-4,11H,1-2,5-10,18H2;1H. The second-order valence-electron chi connectivity index (χ2n) is 6.28. The minimum Gasteiger partial charge on any atom is -0.486 e. The van der Waals surface area contributed by atoms with Crippen LogP contribution in [0, 0.1) is 0 Å². The van der Waals surface area contributed by atoms with E-state index in [4.69, 9.17) is 19.7 Å². The van der Waals surface area contributed by atoms with Gasteiger partial charge in [-0.1, -0.05) is 18.0 Å². The van der Waals surface area contributed by atoms with E-state index in [2.05, 4.69) is 10.1 Å². The Kier molecular flexibility index (Phi) is 5.76. The van der Waals surface area contributed by atoms with Crippen LogP contribution < -0.4 is 15.2 Å². The number of fused-ring (bicyclic) bond motifs is 1. The van der Waals surface area contributed by atoms with Gasteiger partial charge in [-0.3, -0.25) is 0 Å².